The standard InChI is InChI=1S/C28H46BN3O4/c1-6-8-9-10-11-12-15-24(31-25(33)21-14-13-17-32(21)26(34)30-16-7-2)29-35-23-19-20-18-22(27(20,3)4)28(23,5)36-29/h6-7,20-24H,1-2,8-19H2,3-5H3,(H,30,34)(H,31,33)/t20-,21+,22-,23?,24+,28-/m1/s1. The second-order valence-corrected chi connectivity index (χ2v) is 12.1. The zero-order valence-electron chi connectivity index (χ0n) is 22.6. The Morgan fingerprint density at radius 1 is 1.14 bits per heavy atom. The van der Waals surface area contributed by atoms with Crippen molar-refractivity contribution in [1.82, 2.24) is 15.5 Å². The maximum Gasteiger partial charge on any atom is 0.481 e. The molecule has 2 heterocycles. The van der Waals surface area contributed by atoms with Gasteiger partial charge in [-0.1, -0.05) is 45.3 Å². The zero-order valence-corrected chi connectivity index (χ0v) is 22.6. The Hall–Kier alpha value is -1.80. The maximum atomic E-state index is 13.5. The van der Waals surface area contributed by atoms with E-state index in [9.17, 15) is 9.59 Å². The largest absolute Gasteiger partial charge is 0.481 e. The van der Waals surface area contributed by atoms with Crippen LogP contribution in [0.4, 0.5) is 4.79 Å². The summed E-state index contributed by atoms with van der Waals surface area (Å²) >= 11 is 0. The minimum absolute atomic E-state index is 0.0823. The van der Waals surface area contributed by atoms with E-state index in [2.05, 4.69) is 44.6 Å². The monoisotopic (exact) mass is 499 g/mol. The molecule has 8 heteroatoms. The van der Waals surface area contributed by atoms with Gasteiger partial charge in [0.25, 0.3) is 0 Å². The van der Waals surface area contributed by atoms with E-state index in [1.807, 2.05) is 6.08 Å². The molecule has 2 aliphatic heterocycles. The van der Waals surface area contributed by atoms with Crippen molar-refractivity contribution in [1.29, 1.82) is 0 Å². The first-order chi connectivity index (χ1) is 17.2. The Kier molecular flexibility index (Phi) is 8.55. The van der Waals surface area contributed by atoms with Crippen molar-refractivity contribution in [3.8, 4) is 0 Å². The van der Waals surface area contributed by atoms with Crippen LogP contribution in [0.2, 0.25) is 0 Å². The number of allylic oxidation sites excluding steroid dienone is 1. The van der Waals surface area contributed by atoms with Gasteiger partial charge in [0.15, 0.2) is 0 Å². The van der Waals surface area contributed by atoms with Gasteiger partial charge < -0.3 is 24.8 Å². The summed E-state index contributed by atoms with van der Waals surface area (Å²) in [7, 11) is -0.447. The first kappa shape index (κ1) is 27.2. The Balaban J connectivity index is 1.42. The SMILES string of the molecule is C=CCCCCCC[C@H](NC(=O)[C@@H]1CCCN1C(=O)NCC=C)B1OC2C[C@H]3C[C@H](C3(C)C)[C@@]2(C)O1. The molecule has 0 spiro atoms. The number of likely N-dealkylation sites (tertiary alicyclic amines) is 1. The number of nitrogens with zero attached hydrogens (tertiary/aromatic N) is 1. The molecule has 0 aromatic heterocycles. The first-order valence-corrected chi connectivity index (χ1v) is 14.1. The number of rotatable bonds is 12. The smallest absolute Gasteiger partial charge is 0.404 e. The molecule has 3 saturated carbocycles. The van der Waals surface area contributed by atoms with Crippen LogP contribution in [0.15, 0.2) is 25.3 Å². The van der Waals surface area contributed by atoms with Crippen LogP contribution in [0.5, 0.6) is 0 Å². The summed E-state index contributed by atoms with van der Waals surface area (Å²) in [6, 6.07) is -0.670. The molecule has 3 amide bonds. The normalized spacial score (nSPS) is 32.9. The van der Waals surface area contributed by atoms with Gasteiger partial charge in [-0.15, -0.1) is 13.2 Å². The third-order valence-corrected chi connectivity index (χ3v) is 9.51. The highest BCUT2D eigenvalue weighted by atomic mass is 16.7. The van der Waals surface area contributed by atoms with E-state index in [1.54, 1.807) is 11.0 Å². The molecule has 200 valence electrons. The van der Waals surface area contributed by atoms with Gasteiger partial charge in [0.2, 0.25) is 5.91 Å². The van der Waals surface area contributed by atoms with Gasteiger partial charge in [-0.25, -0.2) is 4.79 Å². The summed E-state index contributed by atoms with van der Waals surface area (Å²) in [6.07, 6.45) is 13.7. The first-order valence-electron chi connectivity index (χ1n) is 14.1. The lowest BCUT2D eigenvalue weighted by Crippen LogP contribution is -2.65. The van der Waals surface area contributed by atoms with Crippen LogP contribution in [-0.2, 0) is 14.1 Å². The molecular formula is C28H46BN3O4. The summed E-state index contributed by atoms with van der Waals surface area (Å²) in [5, 5.41) is 6.09. The van der Waals surface area contributed by atoms with Gasteiger partial charge in [0.1, 0.15) is 6.04 Å². The summed E-state index contributed by atoms with van der Waals surface area (Å²) in [4.78, 5) is 27.7. The van der Waals surface area contributed by atoms with Gasteiger partial charge in [0, 0.05) is 13.1 Å². The number of hydrogen-bond donors (Lipinski definition) is 2. The molecule has 5 fully saturated rings. The van der Waals surface area contributed by atoms with Crippen molar-refractivity contribution in [3.05, 3.63) is 25.3 Å². The summed E-state index contributed by atoms with van der Waals surface area (Å²) < 4.78 is 13.3. The van der Waals surface area contributed by atoms with Gasteiger partial charge in [-0.05, 0) is 69.1 Å². The molecule has 5 rings (SSSR count). The van der Waals surface area contributed by atoms with E-state index in [0.717, 1.165) is 51.4 Å². The van der Waals surface area contributed by atoms with Crippen molar-refractivity contribution in [3.63, 3.8) is 0 Å². The molecule has 1 unspecified atom stereocenters. The van der Waals surface area contributed by atoms with Crippen LogP contribution >= 0.6 is 0 Å². The molecule has 5 aliphatic rings. The predicted molar refractivity (Wildman–Crippen MR) is 143 cm³/mol. The molecule has 0 radical (unpaired) electrons. The van der Waals surface area contributed by atoms with E-state index in [0.29, 0.717) is 31.3 Å². The van der Waals surface area contributed by atoms with Crippen LogP contribution < -0.4 is 10.6 Å². The summed E-state index contributed by atoms with van der Waals surface area (Å²) in [6.45, 7) is 15.4. The number of unbranched alkanes of at least 4 members (excludes halogenated alkanes) is 4. The van der Waals surface area contributed by atoms with Crippen molar-refractivity contribution in [2.24, 2.45) is 17.3 Å². The molecule has 0 aromatic carbocycles. The lowest BCUT2D eigenvalue weighted by atomic mass is 9.43. The molecule has 0 aromatic rings. The molecule has 6 atom stereocenters. The van der Waals surface area contributed by atoms with Crippen LogP contribution in [0.3, 0.4) is 0 Å². The molecule has 2 N–H and O–H groups in total. The number of hydrogen-bond acceptors (Lipinski definition) is 4. The predicted octanol–water partition coefficient (Wildman–Crippen LogP) is 4.63. The number of amides is 3. The van der Waals surface area contributed by atoms with Crippen LogP contribution in [0, 0.1) is 17.3 Å². The van der Waals surface area contributed by atoms with Gasteiger partial charge in [0.05, 0.1) is 17.6 Å². The van der Waals surface area contributed by atoms with Crippen molar-refractivity contribution in [2.45, 2.75) is 109 Å². The van der Waals surface area contributed by atoms with E-state index in [-0.39, 0.29) is 35.0 Å². The topological polar surface area (TPSA) is 79.9 Å². The number of carbonyl (C=O) groups excluding carboxylic acids is 2. The van der Waals surface area contributed by atoms with E-state index >= 15 is 0 Å². The van der Waals surface area contributed by atoms with E-state index in [4.69, 9.17) is 9.31 Å². The fourth-order valence-corrected chi connectivity index (χ4v) is 7.18. The highest BCUT2D eigenvalue weighted by molar-refractivity contribution is 6.47. The Morgan fingerprint density at radius 3 is 2.64 bits per heavy atom. The lowest BCUT2D eigenvalue weighted by molar-refractivity contribution is -0.199. The minimum atomic E-state index is -0.462. The van der Waals surface area contributed by atoms with Crippen LogP contribution in [0.25, 0.3) is 0 Å². The van der Waals surface area contributed by atoms with Gasteiger partial charge >= 0.3 is 13.1 Å². The highest BCUT2D eigenvalue weighted by Gasteiger charge is 2.68. The molecule has 7 nitrogen and oxygen atoms in total. The summed E-state index contributed by atoms with van der Waals surface area (Å²) in [5.41, 5.74) is -0.0314. The number of nitrogens with one attached hydrogen (secondary N) is 2. The quantitative estimate of drug-likeness (QED) is 0.233. The average Bonchev–Trinajstić information content (AvgIpc) is 3.48. The van der Waals surface area contributed by atoms with E-state index < -0.39 is 13.2 Å². The van der Waals surface area contributed by atoms with Crippen molar-refractivity contribution in [2.75, 3.05) is 13.1 Å². The maximum absolute atomic E-state index is 13.5. The fraction of sp³-hybridized carbons (Fsp3) is 0.786. The van der Waals surface area contributed by atoms with Gasteiger partial charge in [-0.3, -0.25) is 4.79 Å². The second kappa shape index (κ2) is 11.3. The zero-order chi connectivity index (χ0) is 25.9. The Labute approximate surface area is 217 Å². The van der Waals surface area contributed by atoms with Crippen molar-refractivity contribution < 1.29 is 18.9 Å². The second-order valence-electron chi connectivity index (χ2n) is 12.1. The molecule has 3 aliphatic carbocycles. The Morgan fingerprint density at radius 2 is 1.92 bits per heavy atom. The highest BCUT2D eigenvalue weighted by Crippen LogP contribution is 2.65. The fourth-order valence-electron chi connectivity index (χ4n) is 7.18. The van der Waals surface area contributed by atoms with Crippen LogP contribution in [-0.4, -0.2) is 60.7 Å². The molecular weight excluding hydrogens is 453 g/mol. The Bertz CT molecular complexity index is 836. The molecule has 36 heavy (non-hydrogen) atoms. The third kappa shape index (κ3) is 5.26. The number of carbonyl (C=O) groups is 2. The number of urea groups is 1. The third-order valence-electron chi connectivity index (χ3n) is 9.51. The van der Waals surface area contributed by atoms with Crippen molar-refractivity contribution >= 4 is 19.1 Å². The van der Waals surface area contributed by atoms with Gasteiger partial charge in [-0.2, -0.15) is 0 Å². The lowest BCUT2D eigenvalue weighted by Gasteiger charge is -2.64. The summed E-state index contributed by atoms with van der Waals surface area (Å²) in [5.74, 6) is 0.836. The van der Waals surface area contributed by atoms with E-state index in [1.165, 1.54) is 6.42 Å². The van der Waals surface area contributed by atoms with Crippen LogP contribution in [0.1, 0.15) is 85.0 Å². The molecule has 2 saturated heterocycles. The average molecular weight is 500 g/mol. The minimum Gasteiger partial charge on any atom is -0.404 e. The molecule has 2 bridgehead atoms.